The average Bonchev–Trinajstić information content (AvgIpc) is 3.40. The van der Waals surface area contributed by atoms with E-state index in [0.29, 0.717) is 23.9 Å². The highest BCUT2D eigenvalue weighted by Crippen LogP contribution is 2.42. The number of likely N-dealkylation sites (N-methyl/N-ethyl adjacent to an activating group) is 1. The number of carbonyl (C=O) groups is 3. The van der Waals surface area contributed by atoms with Gasteiger partial charge in [0, 0.05) is 41.9 Å². The van der Waals surface area contributed by atoms with E-state index in [4.69, 9.17) is 17.3 Å². The molecule has 3 fully saturated rings. The molecule has 1 saturated carbocycles. The summed E-state index contributed by atoms with van der Waals surface area (Å²) in [6.45, 7) is 11.7. The van der Waals surface area contributed by atoms with Crippen molar-refractivity contribution in [3.8, 4) is 0 Å². The minimum absolute atomic E-state index is 0.0440. The third-order valence-electron chi connectivity index (χ3n) is 9.42. The minimum Gasteiger partial charge on any atom is -0.330 e. The van der Waals surface area contributed by atoms with Gasteiger partial charge in [0.25, 0.3) is 0 Å². The number of rotatable bonds is 4. The quantitative estimate of drug-likeness (QED) is 0.538. The number of urea groups is 1. The Labute approximate surface area is 233 Å². The normalized spacial score (nSPS) is 34.3. The van der Waals surface area contributed by atoms with Crippen LogP contribution < -0.4 is 5.73 Å². The first-order valence-electron chi connectivity index (χ1n) is 14.2. The molecule has 0 radical (unpaired) electrons. The summed E-state index contributed by atoms with van der Waals surface area (Å²) in [6.07, 6.45) is 4.70. The maximum absolute atomic E-state index is 14.5. The summed E-state index contributed by atoms with van der Waals surface area (Å²) in [5, 5.41) is 0.653. The van der Waals surface area contributed by atoms with Gasteiger partial charge in [0.1, 0.15) is 12.6 Å². The molecule has 7 nitrogen and oxygen atoms in total. The van der Waals surface area contributed by atoms with Crippen LogP contribution in [0.25, 0.3) is 0 Å². The van der Waals surface area contributed by atoms with Gasteiger partial charge in [-0.05, 0) is 63.3 Å². The van der Waals surface area contributed by atoms with E-state index in [1.165, 1.54) is 0 Å². The number of hydrogen-bond acceptors (Lipinski definition) is 4. The van der Waals surface area contributed by atoms with E-state index in [9.17, 15) is 14.4 Å². The Balaban J connectivity index is 1.67. The van der Waals surface area contributed by atoms with Crippen molar-refractivity contribution in [1.29, 1.82) is 0 Å². The summed E-state index contributed by atoms with van der Waals surface area (Å²) < 4.78 is -0.385. The number of imide groups is 1. The molecule has 2 unspecified atom stereocenters. The van der Waals surface area contributed by atoms with E-state index in [0.717, 1.165) is 37.8 Å². The number of amides is 4. The predicted molar refractivity (Wildman–Crippen MR) is 150 cm³/mol. The number of nitrogens with two attached hydrogens (primary N) is 1. The van der Waals surface area contributed by atoms with E-state index < -0.39 is 11.4 Å². The zero-order valence-corrected chi connectivity index (χ0v) is 24.7. The molecular weight excluding hydrogens is 500 g/mol. The van der Waals surface area contributed by atoms with Crippen molar-refractivity contribution in [2.24, 2.45) is 23.0 Å². The van der Waals surface area contributed by atoms with Gasteiger partial charge in [-0.1, -0.05) is 51.4 Å². The highest BCUT2D eigenvalue weighted by atomic mass is 35.5. The Bertz CT molecular complexity index is 1050. The Hall–Kier alpha value is -1.96. The molecule has 38 heavy (non-hydrogen) atoms. The van der Waals surface area contributed by atoms with Crippen molar-refractivity contribution in [3.05, 3.63) is 34.9 Å². The fourth-order valence-corrected chi connectivity index (χ4v) is 7.34. The average molecular weight is 546 g/mol. The zero-order valence-electron chi connectivity index (χ0n) is 24.0. The highest BCUT2D eigenvalue weighted by Gasteiger charge is 2.61. The molecule has 4 rings (SSSR count). The third kappa shape index (κ3) is 5.39. The van der Waals surface area contributed by atoms with E-state index in [2.05, 4.69) is 16.7 Å². The van der Waals surface area contributed by atoms with Crippen molar-refractivity contribution >= 4 is 29.4 Å². The molecule has 2 N–H and O–H groups in total. The molecule has 2 aliphatic heterocycles. The Morgan fingerprint density at radius 2 is 1.61 bits per heavy atom. The predicted octanol–water partition coefficient (Wildman–Crippen LogP) is 5.02. The molecule has 2 heterocycles. The highest BCUT2D eigenvalue weighted by molar-refractivity contribution is 6.30. The van der Waals surface area contributed by atoms with Gasteiger partial charge in [-0.2, -0.15) is 4.48 Å². The second-order valence-electron chi connectivity index (χ2n) is 13.3. The summed E-state index contributed by atoms with van der Waals surface area (Å²) >= 11 is 6.13. The fourth-order valence-electron chi connectivity index (χ4n) is 7.22. The van der Waals surface area contributed by atoms with E-state index >= 15 is 0 Å². The molecular formula is C30H46ClN4O3+. The SMILES string of the molecule is CC1CCC(N(C(=O)C(C)(C)C)[C@H]2CC(C)[N+](C(N)=O)(C(=O)[C@@H]3CN(C)C[C@H]3c3ccc(Cl)cc3)C2)CC1. The maximum atomic E-state index is 14.5. The van der Waals surface area contributed by atoms with Gasteiger partial charge in [0.2, 0.25) is 5.91 Å². The van der Waals surface area contributed by atoms with Crippen molar-refractivity contribution in [1.82, 2.24) is 9.80 Å². The van der Waals surface area contributed by atoms with Crippen LogP contribution in [0, 0.1) is 17.3 Å². The smallest absolute Gasteiger partial charge is 0.330 e. The van der Waals surface area contributed by atoms with Crippen molar-refractivity contribution in [2.45, 2.75) is 90.8 Å². The number of primary amides is 1. The first-order valence-corrected chi connectivity index (χ1v) is 14.6. The van der Waals surface area contributed by atoms with E-state index in [1.807, 2.05) is 59.0 Å². The van der Waals surface area contributed by atoms with Gasteiger partial charge in [-0.25, -0.2) is 9.59 Å². The standard InChI is InChI=1S/C30H45ClN4O3/c1-19-7-13-23(14-8-19)34(28(37)30(3,4)5)24-15-20(2)35(18-24,29(32)38)27(36)26-17-33(6)16-25(26)21-9-11-22(31)12-10-21/h9-12,19-20,23-26H,7-8,13-18H2,1-6H3,(H-,32,38)/p+1/t19?,20?,23?,24-,25-,26+,35?/m0/s1. The lowest BCUT2D eigenvalue weighted by Gasteiger charge is -2.42. The summed E-state index contributed by atoms with van der Waals surface area (Å²) in [5.74, 6) is 0.240. The molecule has 8 heteroatoms. The van der Waals surface area contributed by atoms with E-state index in [-0.39, 0.29) is 52.8 Å². The van der Waals surface area contributed by atoms with Crippen LogP contribution in [-0.4, -0.2) is 76.9 Å². The second-order valence-corrected chi connectivity index (χ2v) is 13.8. The number of hydrogen-bond donors (Lipinski definition) is 1. The largest absolute Gasteiger partial charge is 0.421 e. The summed E-state index contributed by atoms with van der Waals surface area (Å²) in [4.78, 5) is 45.9. The van der Waals surface area contributed by atoms with Crippen molar-refractivity contribution < 1.29 is 18.9 Å². The van der Waals surface area contributed by atoms with Crippen LogP contribution in [0.15, 0.2) is 24.3 Å². The van der Waals surface area contributed by atoms with Gasteiger partial charge in [0.05, 0.1) is 12.0 Å². The molecule has 1 aromatic carbocycles. The number of nitrogens with zero attached hydrogens (tertiary/aromatic N) is 3. The molecule has 3 aliphatic rings. The van der Waals surface area contributed by atoms with Crippen molar-refractivity contribution in [2.75, 3.05) is 26.7 Å². The Morgan fingerprint density at radius 1 is 1.00 bits per heavy atom. The monoisotopic (exact) mass is 545 g/mol. The molecule has 0 spiro atoms. The lowest BCUT2D eigenvalue weighted by molar-refractivity contribution is -0.786. The summed E-state index contributed by atoms with van der Waals surface area (Å²) in [6, 6.07) is 6.71. The molecule has 0 aromatic heterocycles. The van der Waals surface area contributed by atoms with Crippen LogP contribution in [0.5, 0.6) is 0 Å². The third-order valence-corrected chi connectivity index (χ3v) is 9.67. The number of halogens is 1. The summed E-state index contributed by atoms with van der Waals surface area (Å²) in [5.41, 5.74) is 6.63. The van der Waals surface area contributed by atoms with Crippen LogP contribution >= 0.6 is 11.6 Å². The lowest BCUT2D eigenvalue weighted by atomic mass is 9.84. The van der Waals surface area contributed by atoms with Crippen molar-refractivity contribution in [3.63, 3.8) is 0 Å². The second kappa shape index (κ2) is 10.9. The van der Waals surface area contributed by atoms with Crippen LogP contribution in [0.4, 0.5) is 4.79 Å². The van der Waals surface area contributed by atoms with Crippen LogP contribution in [0.1, 0.15) is 78.2 Å². The molecule has 1 aliphatic carbocycles. The Kier molecular flexibility index (Phi) is 8.33. The van der Waals surface area contributed by atoms with Crippen LogP contribution in [0.2, 0.25) is 5.02 Å². The molecule has 2 saturated heterocycles. The molecule has 210 valence electrons. The van der Waals surface area contributed by atoms with Gasteiger partial charge in [-0.15, -0.1) is 0 Å². The lowest BCUT2D eigenvalue weighted by Crippen LogP contribution is -2.65. The first kappa shape index (κ1) is 29.0. The number of carbonyl (C=O) groups excluding carboxylic acids is 3. The molecule has 5 atom stereocenters. The molecule has 4 amide bonds. The minimum atomic E-state index is -0.602. The van der Waals surface area contributed by atoms with Crippen LogP contribution in [0.3, 0.4) is 0 Å². The van der Waals surface area contributed by atoms with Gasteiger partial charge in [-0.3, -0.25) is 4.79 Å². The van der Waals surface area contributed by atoms with Gasteiger partial charge >= 0.3 is 11.9 Å². The first-order chi connectivity index (χ1) is 17.8. The molecule has 0 bridgehead atoms. The number of likely N-dealkylation sites (tertiary alicyclic amines) is 2. The van der Waals surface area contributed by atoms with Gasteiger partial charge in [0.15, 0.2) is 0 Å². The van der Waals surface area contributed by atoms with E-state index in [1.54, 1.807) is 0 Å². The van der Waals surface area contributed by atoms with Gasteiger partial charge < -0.3 is 15.5 Å². The number of quaternary nitrogens is 1. The van der Waals surface area contributed by atoms with Crippen LogP contribution in [-0.2, 0) is 9.59 Å². The fraction of sp³-hybridized carbons (Fsp3) is 0.700. The molecule has 1 aromatic rings. The zero-order chi connectivity index (χ0) is 28.0. The summed E-state index contributed by atoms with van der Waals surface area (Å²) in [7, 11) is 2.01. The topological polar surface area (TPSA) is 83.7 Å². The maximum Gasteiger partial charge on any atom is 0.421 e. The number of benzene rings is 1. The Morgan fingerprint density at radius 3 is 2.16 bits per heavy atom.